The van der Waals surface area contributed by atoms with Crippen LogP contribution in [0.1, 0.15) is 29.9 Å². The molecule has 1 aromatic heterocycles. The number of carbonyl (C=O) groups is 2. The molecule has 3 aromatic rings. The first kappa shape index (κ1) is 24.0. The Morgan fingerprint density at radius 2 is 1.79 bits per heavy atom. The minimum atomic E-state index is -0.202. The summed E-state index contributed by atoms with van der Waals surface area (Å²) in [6.07, 6.45) is 0.579. The second-order valence-corrected chi connectivity index (χ2v) is 9.65. The summed E-state index contributed by atoms with van der Waals surface area (Å²) >= 11 is 0. The van der Waals surface area contributed by atoms with E-state index < -0.39 is 0 Å². The van der Waals surface area contributed by atoms with Gasteiger partial charge in [0.05, 0.1) is 0 Å². The van der Waals surface area contributed by atoms with Crippen LogP contribution in [0, 0.1) is 13.8 Å². The molecule has 4 heterocycles. The number of piperazine rings is 1. The van der Waals surface area contributed by atoms with Gasteiger partial charge in [-0.3, -0.25) is 9.59 Å². The molecule has 2 amide bonds. The van der Waals surface area contributed by atoms with Crippen molar-refractivity contribution in [2.75, 3.05) is 44.4 Å². The monoisotopic (exact) mass is 516 g/mol. The second kappa shape index (κ2) is 9.81. The van der Waals surface area contributed by atoms with Gasteiger partial charge in [0.2, 0.25) is 24.4 Å². The van der Waals surface area contributed by atoms with E-state index in [0.29, 0.717) is 48.1 Å². The molecule has 0 spiro atoms. The van der Waals surface area contributed by atoms with Crippen molar-refractivity contribution in [2.45, 2.75) is 26.7 Å². The Kier molecular flexibility index (Phi) is 6.18. The third-order valence-electron chi connectivity index (χ3n) is 7.02. The van der Waals surface area contributed by atoms with Crippen molar-refractivity contribution < 1.29 is 23.6 Å². The molecule has 38 heavy (non-hydrogen) atoms. The number of nitrogens with zero attached hydrogens (tertiary/aromatic N) is 6. The van der Waals surface area contributed by atoms with Crippen LogP contribution < -0.4 is 14.4 Å². The van der Waals surface area contributed by atoms with Gasteiger partial charge in [0.15, 0.2) is 11.5 Å². The van der Waals surface area contributed by atoms with Crippen LogP contribution in [0.4, 0.5) is 5.69 Å². The van der Waals surface area contributed by atoms with Crippen LogP contribution in [0.25, 0.3) is 11.4 Å². The molecule has 0 bridgehead atoms. The number of hydrogen-bond donors (Lipinski definition) is 0. The molecule has 0 saturated carbocycles. The quantitative estimate of drug-likeness (QED) is 0.509. The highest BCUT2D eigenvalue weighted by atomic mass is 16.7. The molecule has 11 nitrogen and oxygen atoms in total. The van der Waals surface area contributed by atoms with E-state index in [2.05, 4.69) is 52.2 Å². The van der Waals surface area contributed by atoms with Crippen LogP contribution in [0.2, 0.25) is 0 Å². The topological polar surface area (TPSA) is 114 Å². The number of rotatable bonds is 5. The van der Waals surface area contributed by atoms with Crippen molar-refractivity contribution in [3.63, 3.8) is 0 Å². The van der Waals surface area contributed by atoms with Gasteiger partial charge >= 0.3 is 0 Å². The maximum absolute atomic E-state index is 13.1. The summed E-state index contributed by atoms with van der Waals surface area (Å²) in [6.45, 7) is 6.91. The molecule has 1 fully saturated rings. The molecule has 0 aliphatic carbocycles. The van der Waals surface area contributed by atoms with Gasteiger partial charge in [-0.05, 0) is 43.7 Å². The molecule has 1 saturated heterocycles. The van der Waals surface area contributed by atoms with Crippen molar-refractivity contribution in [3.8, 4) is 22.9 Å². The number of fused-ring (bicyclic) bond motifs is 1. The summed E-state index contributed by atoms with van der Waals surface area (Å²) in [6, 6.07) is 11.8. The predicted octanol–water partition coefficient (Wildman–Crippen LogP) is 2.76. The molecule has 0 N–H and O–H groups in total. The van der Waals surface area contributed by atoms with E-state index in [4.69, 9.17) is 14.0 Å². The maximum atomic E-state index is 13.1. The number of anilines is 1. The normalized spacial score (nSPS) is 17.2. The number of ether oxygens (including phenoxy) is 2. The van der Waals surface area contributed by atoms with E-state index in [-0.39, 0.29) is 37.5 Å². The fourth-order valence-electron chi connectivity index (χ4n) is 4.96. The molecule has 11 heteroatoms. The summed E-state index contributed by atoms with van der Waals surface area (Å²) in [5.41, 5.74) is 4.85. The van der Waals surface area contributed by atoms with Crippen LogP contribution in [-0.2, 0) is 9.59 Å². The molecule has 0 radical (unpaired) electrons. The largest absolute Gasteiger partial charge is 0.454 e. The van der Waals surface area contributed by atoms with Crippen molar-refractivity contribution in [3.05, 3.63) is 53.4 Å². The lowest BCUT2D eigenvalue weighted by Gasteiger charge is -2.37. The van der Waals surface area contributed by atoms with Crippen LogP contribution >= 0.6 is 0 Å². The van der Waals surface area contributed by atoms with Crippen molar-refractivity contribution >= 4 is 23.2 Å². The first-order chi connectivity index (χ1) is 18.4. The number of aromatic nitrogens is 2. The molecule has 6 rings (SSSR count). The van der Waals surface area contributed by atoms with Crippen molar-refractivity contribution in [1.29, 1.82) is 0 Å². The van der Waals surface area contributed by atoms with Gasteiger partial charge in [-0.1, -0.05) is 22.9 Å². The average Bonchev–Trinajstić information content (AvgIpc) is 3.60. The lowest BCUT2D eigenvalue weighted by atomic mass is 10.1. The van der Waals surface area contributed by atoms with E-state index >= 15 is 0 Å². The molecule has 3 aliphatic heterocycles. The third-order valence-corrected chi connectivity index (χ3v) is 7.02. The van der Waals surface area contributed by atoms with Gasteiger partial charge < -0.3 is 23.8 Å². The lowest BCUT2D eigenvalue weighted by molar-refractivity contribution is -0.141. The van der Waals surface area contributed by atoms with E-state index in [1.54, 1.807) is 17.0 Å². The zero-order valence-corrected chi connectivity index (χ0v) is 21.3. The summed E-state index contributed by atoms with van der Waals surface area (Å²) in [5.74, 6) is 1.56. The number of hydrogen-bond acceptors (Lipinski definition) is 9. The molecule has 2 aromatic carbocycles. The summed E-state index contributed by atoms with van der Waals surface area (Å²) < 4.78 is 16.2. The molecular formula is C27H28N6O5. The van der Waals surface area contributed by atoms with Gasteiger partial charge in [-0.15, -0.1) is 0 Å². The predicted molar refractivity (Wildman–Crippen MR) is 138 cm³/mol. The Labute approximate surface area is 219 Å². The first-order valence-electron chi connectivity index (χ1n) is 12.7. The lowest BCUT2D eigenvalue weighted by Crippen LogP contribution is -2.51. The fraction of sp³-hybridized carbons (Fsp3) is 0.370. The highest BCUT2D eigenvalue weighted by Gasteiger charge is 2.29. The summed E-state index contributed by atoms with van der Waals surface area (Å²) in [5, 5.41) is 9.70. The second-order valence-electron chi connectivity index (χ2n) is 9.65. The zero-order valence-electron chi connectivity index (χ0n) is 21.3. The Morgan fingerprint density at radius 3 is 2.61 bits per heavy atom. The van der Waals surface area contributed by atoms with Crippen LogP contribution in [0.5, 0.6) is 11.5 Å². The van der Waals surface area contributed by atoms with Crippen molar-refractivity contribution in [2.24, 2.45) is 5.10 Å². The number of carbonyl (C=O) groups excluding carboxylic acids is 2. The molecule has 196 valence electrons. The molecule has 0 unspecified atom stereocenters. The zero-order chi connectivity index (χ0) is 26.2. The number of amides is 2. The smallest absolute Gasteiger partial charge is 0.274 e. The standard InChI is InChI=1S/C27H28N6O5/c1-17-3-6-21(18(2)13-17)31-9-11-32(12-10-31)25(35)15-33-24(34)8-5-20(29-33)27-28-26(30-38-27)19-4-7-22-23(14-19)37-16-36-22/h3-4,6-7,13-14H,5,8-12,15-16H2,1-2H3. The summed E-state index contributed by atoms with van der Waals surface area (Å²) in [4.78, 5) is 34.2. The van der Waals surface area contributed by atoms with Gasteiger partial charge in [-0.25, -0.2) is 5.01 Å². The summed E-state index contributed by atoms with van der Waals surface area (Å²) in [7, 11) is 0. The molecule has 0 atom stereocenters. The Morgan fingerprint density at radius 1 is 0.974 bits per heavy atom. The van der Waals surface area contributed by atoms with Crippen molar-refractivity contribution in [1.82, 2.24) is 20.0 Å². The Bertz CT molecular complexity index is 1430. The third kappa shape index (κ3) is 4.67. The van der Waals surface area contributed by atoms with Crippen LogP contribution in [-0.4, -0.2) is 77.1 Å². The van der Waals surface area contributed by atoms with E-state index in [0.717, 1.165) is 13.1 Å². The van der Waals surface area contributed by atoms with Gasteiger partial charge in [0.25, 0.3) is 5.89 Å². The highest BCUT2D eigenvalue weighted by molar-refractivity contribution is 6.01. The minimum absolute atomic E-state index is 0.116. The minimum Gasteiger partial charge on any atom is -0.454 e. The van der Waals surface area contributed by atoms with E-state index in [1.807, 2.05) is 6.07 Å². The number of hydrazone groups is 1. The number of aryl methyl sites for hydroxylation is 2. The fourth-order valence-corrected chi connectivity index (χ4v) is 4.96. The van der Waals surface area contributed by atoms with Gasteiger partial charge in [-0.2, -0.15) is 10.1 Å². The van der Waals surface area contributed by atoms with Gasteiger partial charge in [0, 0.05) is 50.3 Å². The molecule has 3 aliphatic rings. The first-order valence-corrected chi connectivity index (χ1v) is 12.7. The van der Waals surface area contributed by atoms with Crippen LogP contribution in [0.3, 0.4) is 0 Å². The highest BCUT2D eigenvalue weighted by Crippen LogP contribution is 2.35. The average molecular weight is 517 g/mol. The Balaban J connectivity index is 1.10. The Hall–Kier alpha value is -4.41. The molecular weight excluding hydrogens is 488 g/mol. The van der Waals surface area contributed by atoms with E-state index in [9.17, 15) is 9.59 Å². The SMILES string of the molecule is Cc1ccc(N2CCN(C(=O)CN3N=C(c4nc(-c5ccc6c(c5)OCO6)no4)CCC3=O)CC2)c(C)c1. The van der Waals surface area contributed by atoms with Crippen LogP contribution in [0.15, 0.2) is 46.0 Å². The van der Waals surface area contributed by atoms with E-state index in [1.165, 1.54) is 21.8 Å². The maximum Gasteiger partial charge on any atom is 0.274 e. The van der Waals surface area contributed by atoms with Gasteiger partial charge in [0.1, 0.15) is 12.3 Å². The number of benzene rings is 2.